The highest BCUT2D eigenvalue weighted by molar-refractivity contribution is 7.18. The van der Waals surface area contributed by atoms with Crippen LogP contribution in [-0.2, 0) is 12.8 Å². The number of carboxylic acids is 1. The van der Waals surface area contributed by atoms with Crippen LogP contribution in [0.2, 0.25) is 0 Å². The Morgan fingerprint density at radius 1 is 1.03 bits per heavy atom. The molecule has 3 heterocycles. The average Bonchev–Trinajstić information content (AvgIpc) is 3.33. The predicted octanol–water partition coefficient (Wildman–Crippen LogP) is 5.27. The van der Waals surface area contributed by atoms with Crippen LogP contribution in [-0.4, -0.2) is 21.0 Å². The second kappa shape index (κ2) is 7.57. The monoisotopic (exact) mass is 420 g/mol. The Labute approximate surface area is 176 Å². The number of nitrogens with one attached hydrogen (secondary N) is 1. The lowest BCUT2D eigenvalue weighted by atomic mass is 9.98. The van der Waals surface area contributed by atoms with Crippen molar-refractivity contribution >= 4 is 27.5 Å². The van der Waals surface area contributed by atoms with Crippen LogP contribution in [0, 0.1) is 0 Å². The van der Waals surface area contributed by atoms with E-state index >= 15 is 0 Å². The lowest BCUT2D eigenvalue weighted by Gasteiger charge is -2.08. The first-order chi connectivity index (χ1) is 14.6. The van der Waals surface area contributed by atoms with Crippen LogP contribution in [0.5, 0.6) is 0 Å². The summed E-state index contributed by atoms with van der Waals surface area (Å²) in [7, 11) is 0. The molecule has 1 aromatic carbocycles. The Kier molecular flexibility index (Phi) is 4.75. The van der Waals surface area contributed by atoms with Gasteiger partial charge in [-0.1, -0.05) is 31.0 Å². The third kappa shape index (κ3) is 3.25. The van der Waals surface area contributed by atoms with Crippen LogP contribution in [0.25, 0.3) is 33.1 Å². The Hall–Kier alpha value is -3.19. The van der Waals surface area contributed by atoms with Crippen molar-refractivity contribution in [3.05, 3.63) is 62.8 Å². The molecule has 0 spiro atoms. The molecule has 3 aromatic heterocycles. The molecule has 1 aliphatic carbocycles. The van der Waals surface area contributed by atoms with Gasteiger partial charge < -0.3 is 14.5 Å². The summed E-state index contributed by atoms with van der Waals surface area (Å²) in [5.74, 6) is 0.169. The van der Waals surface area contributed by atoms with Crippen LogP contribution in [0.3, 0.4) is 0 Å². The van der Waals surface area contributed by atoms with Crippen molar-refractivity contribution < 1.29 is 14.3 Å². The van der Waals surface area contributed by atoms with Gasteiger partial charge in [-0.2, -0.15) is 0 Å². The molecular weight excluding hydrogens is 400 g/mol. The zero-order valence-corrected chi connectivity index (χ0v) is 17.1. The third-order valence-corrected chi connectivity index (χ3v) is 6.77. The topological polar surface area (TPSA) is 96.2 Å². The van der Waals surface area contributed by atoms with E-state index in [0.717, 1.165) is 36.1 Å². The number of hydrogen-bond donors (Lipinski definition) is 2. The van der Waals surface area contributed by atoms with Gasteiger partial charge in [0.2, 0.25) is 0 Å². The van der Waals surface area contributed by atoms with Crippen molar-refractivity contribution in [3.8, 4) is 22.9 Å². The van der Waals surface area contributed by atoms with Gasteiger partial charge >= 0.3 is 5.97 Å². The van der Waals surface area contributed by atoms with Gasteiger partial charge in [-0.15, -0.1) is 11.3 Å². The molecule has 0 aliphatic heterocycles. The largest absolute Gasteiger partial charge is 0.478 e. The average molecular weight is 420 g/mol. The first-order valence-corrected chi connectivity index (χ1v) is 10.9. The van der Waals surface area contributed by atoms with E-state index in [4.69, 9.17) is 4.42 Å². The van der Waals surface area contributed by atoms with E-state index in [1.807, 2.05) is 0 Å². The highest BCUT2D eigenvalue weighted by atomic mass is 32.1. The summed E-state index contributed by atoms with van der Waals surface area (Å²) < 4.78 is 5.90. The third-order valence-electron chi connectivity index (χ3n) is 5.59. The molecule has 0 fully saturated rings. The van der Waals surface area contributed by atoms with Gasteiger partial charge in [0.25, 0.3) is 5.56 Å². The predicted molar refractivity (Wildman–Crippen MR) is 116 cm³/mol. The molecule has 0 unspecified atom stereocenters. The van der Waals surface area contributed by atoms with E-state index < -0.39 is 5.97 Å². The molecular formula is C23H20N2O4S. The summed E-state index contributed by atoms with van der Waals surface area (Å²) in [4.78, 5) is 34.0. The standard InChI is InChI=1S/C23H20N2O4S/c26-21-19-15-9-3-1-2-4-10-18(15)30-22(19)25-20(24-21)17-12-11-16(29-17)13-7-5-6-8-14(13)23(27)28/h5-8,11-12H,1-4,9-10H2,(H,27,28)(H,24,25,26). The summed E-state index contributed by atoms with van der Waals surface area (Å²) in [5.41, 5.74) is 1.66. The van der Waals surface area contributed by atoms with Gasteiger partial charge in [-0.05, 0) is 49.4 Å². The maximum absolute atomic E-state index is 12.9. The number of carboxylic acid groups (broad SMARTS) is 1. The molecule has 5 rings (SSSR count). The van der Waals surface area contributed by atoms with Crippen LogP contribution in [0.15, 0.2) is 45.6 Å². The van der Waals surface area contributed by atoms with Crippen LogP contribution in [0.1, 0.15) is 46.5 Å². The lowest BCUT2D eigenvalue weighted by molar-refractivity contribution is 0.0697. The summed E-state index contributed by atoms with van der Waals surface area (Å²) in [5, 5.41) is 10.1. The van der Waals surface area contributed by atoms with Crippen molar-refractivity contribution in [1.82, 2.24) is 9.97 Å². The van der Waals surface area contributed by atoms with Gasteiger partial charge in [0, 0.05) is 10.4 Å². The SMILES string of the molecule is O=C(O)c1ccccc1-c1ccc(-c2nc3sc4c(c3c(=O)[nH]2)CCCCCC4)o1. The molecule has 1 aliphatic rings. The quantitative estimate of drug-likeness (QED) is 0.471. The molecule has 7 heteroatoms. The number of thiophene rings is 1. The van der Waals surface area contributed by atoms with Crippen LogP contribution < -0.4 is 5.56 Å². The molecule has 0 saturated heterocycles. The zero-order chi connectivity index (χ0) is 20.7. The maximum atomic E-state index is 12.9. The number of furan rings is 1. The number of aryl methyl sites for hydroxylation is 2. The van der Waals surface area contributed by atoms with Crippen molar-refractivity contribution in [3.63, 3.8) is 0 Å². The van der Waals surface area contributed by atoms with Gasteiger partial charge in [-0.25, -0.2) is 9.78 Å². The number of benzene rings is 1. The molecule has 152 valence electrons. The number of aromatic amines is 1. The molecule has 0 bridgehead atoms. The number of hydrogen-bond acceptors (Lipinski definition) is 5. The minimum Gasteiger partial charge on any atom is -0.478 e. The summed E-state index contributed by atoms with van der Waals surface area (Å²) >= 11 is 1.60. The lowest BCUT2D eigenvalue weighted by Crippen LogP contribution is -2.10. The first-order valence-electron chi connectivity index (χ1n) is 10.1. The minimum atomic E-state index is -1.02. The van der Waals surface area contributed by atoms with Crippen molar-refractivity contribution in [1.29, 1.82) is 0 Å². The minimum absolute atomic E-state index is 0.142. The van der Waals surface area contributed by atoms with Crippen molar-refractivity contribution in [2.45, 2.75) is 38.5 Å². The van der Waals surface area contributed by atoms with E-state index in [2.05, 4.69) is 9.97 Å². The molecule has 0 atom stereocenters. The Morgan fingerprint density at radius 3 is 2.63 bits per heavy atom. The number of fused-ring (bicyclic) bond motifs is 3. The van der Waals surface area contributed by atoms with E-state index in [-0.39, 0.29) is 11.1 Å². The van der Waals surface area contributed by atoms with E-state index in [0.29, 0.717) is 28.3 Å². The number of H-pyrrole nitrogens is 1. The highest BCUT2D eigenvalue weighted by Gasteiger charge is 2.20. The molecule has 2 N–H and O–H groups in total. The molecule has 4 aromatic rings. The van der Waals surface area contributed by atoms with Crippen LogP contribution in [0.4, 0.5) is 0 Å². The van der Waals surface area contributed by atoms with Gasteiger partial charge in [-0.3, -0.25) is 4.79 Å². The Morgan fingerprint density at radius 2 is 1.80 bits per heavy atom. The molecule has 0 saturated carbocycles. The van der Waals surface area contributed by atoms with Crippen LogP contribution >= 0.6 is 11.3 Å². The van der Waals surface area contributed by atoms with Gasteiger partial charge in [0.05, 0.1) is 10.9 Å². The number of aromatic nitrogens is 2. The van der Waals surface area contributed by atoms with E-state index in [1.54, 1.807) is 41.7 Å². The number of rotatable bonds is 3. The second-order valence-corrected chi connectivity index (χ2v) is 8.61. The molecule has 0 amide bonds. The number of carbonyl (C=O) groups is 1. The second-order valence-electron chi connectivity index (χ2n) is 7.53. The fourth-order valence-corrected chi connectivity index (χ4v) is 5.39. The zero-order valence-electron chi connectivity index (χ0n) is 16.2. The maximum Gasteiger partial charge on any atom is 0.336 e. The molecule has 0 radical (unpaired) electrons. The van der Waals surface area contributed by atoms with E-state index in [9.17, 15) is 14.7 Å². The molecule has 30 heavy (non-hydrogen) atoms. The summed E-state index contributed by atoms with van der Waals surface area (Å²) in [6.45, 7) is 0. The first kappa shape index (κ1) is 18.8. The number of aromatic carboxylic acids is 1. The smallest absolute Gasteiger partial charge is 0.336 e. The highest BCUT2D eigenvalue weighted by Crippen LogP contribution is 2.34. The normalized spacial score (nSPS) is 14.3. The number of nitrogens with zero attached hydrogens (tertiary/aromatic N) is 1. The van der Waals surface area contributed by atoms with Crippen molar-refractivity contribution in [2.24, 2.45) is 0 Å². The fourth-order valence-electron chi connectivity index (χ4n) is 4.13. The fraction of sp³-hybridized carbons (Fsp3) is 0.261. The van der Waals surface area contributed by atoms with Gasteiger partial charge in [0.15, 0.2) is 11.6 Å². The van der Waals surface area contributed by atoms with E-state index in [1.165, 1.54) is 23.8 Å². The summed E-state index contributed by atoms with van der Waals surface area (Å²) in [6, 6.07) is 10.1. The Balaban J connectivity index is 1.58. The molecule has 6 nitrogen and oxygen atoms in total. The van der Waals surface area contributed by atoms with Gasteiger partial charge in [0.1, 0.15) is 10.6 Å². The Bertz CT molecular complexity index is 1310. The van der Waals surface area contributed by atoms with Crippen molar-refractivity contribution in [2.75, 3.05) is 0 Å². The summed E-state index contributed by atoms with van der Waals surface area (Å²) in [6.07, 6.45) is 6.61.